The van der Waals surface area contributed by atoms with Gasteiger partial charge in [-0.05, 0) is 17.7 Å². The van der Waals surface area contributed by atoms with Gasteiger partial charge in [0, 0.05) is 38.8 Å². The Morgan fingerprint density at radius 1 is 1.11 bits per heavy atom. The zero-order chi connectivity index (χ0) is 19.9. The first kappa shape index (κ1) is 19.4. The van der Waals surface area contributed by atoms with Gasteiger partial charge in [0.2, 0.25) is 6.41 Å². The third-order valence-electron chi connectivity index (χ3n) is 4.56. The monoisotopic (exact) mass is 385 g/mol. The van der Waals surface area contributed by atoms with Crippen molar-refractivity contribution in [2.75, 3.05) is 45.7 Å². The summed E-state index contributed by atoms with van der Waals surface area (Å²) in [7, 11) is 3.18. The van der Waals surface area contributed by atoms with Gasteiger partial charge >= 0.3 is 0 Å². The smallest absolute Gasteiger partial charge is 0.272 e. The summed E-state index contributed by atoms with van der Waals surface area (Å²) in [6, 6.07) is 7.28. The van der Waals surface area contributed by atoms with Crippen molar-refractivity contribution < 1.29 is 19.1 Å². The van der Waals surface area contributed by atoms with Gasteiger partial charge in [0.15, 0.2) is 11.5 Å². The third-order valence-corrected chi connectivity index (χ3v) is 4.56. The fourth-order valence-corrected chi connectivity index (χ4v) is 2.95. The van der Waals surface area contributed by atoms with Gasteiger partial charge < -0.3 is 24.6 Å². The topological polar surface area (TPSA) is 96.9 Å². The largest absolute Gasteiger partial charge is 0.493 e. The van der Waals surface area contributed by atoms with Crippen LogP contribution in [-0.4, -0.2) is 72.5 Å². The van der Waals surface area contributed by atoms with Crippen LogP contribution in [0.25, 0.3) is 0 Å². The average molecular weight is 385 g/mol. The summed E-state index contributed by atoms with van der Waals surface area (Å²) in [5.74, 6) is 1.70. The maximum atomic E-state index is 12.6. The number of carbonyl (C=O) groups is 2. The molecule has 2 heterocycles. The van der Waals surface area contributed by atoms with E-state index >= 15 is 0 Å². The number of methoxy groups -OCH3 is 2. The first-order chi connectivity index (χ1) is 13.6. The zero-order valence-electron chi connectivity index (χ0n) is 15.9. The molecule has 0 spiro atoms. The predicted molar refractivity (Wildman–Crippen MR) is 102 cm³/mol. The second-order valence-electron chi connectivity index (χ2n) is 6.26. The summed E-state index contributed by atoms with van der Waals surface area (Å²) in [6.07, 6.45) is 2.18. The van der Waals surface area contributed by atoms with Crippen molar-refractivity contribution in [3.8, 4) is 11.5 Å². The predicted octanol–water partition coefficient (Wildman–Crippen LogP) is 1.02. The number of nitrogens with zero attached hydrogens (tertiary/aromatic N) is 4. The summed E-state index contributed by atoms with van der Waals surface area (Å²) in [6.45, 7) is 2.56. The van der Waals surface area contributed by atoms with Crippen molar-refractivity contribution in [1.82, 2.24) is 19.8 Å². The van der Waals surface area contributed by atoms with Crippen molar-refractivity contribution in [3.05, 3.63) is 41.9 Å². The molecule has 0 unspecified atom stereocenters. The third kappa shape index (κ3) is 4.48. The fourth-order valence-electron chi connectivity index (χ4n) is 2.95. The van der Waals surface area contributed by atoms with Crippen LogP contribution in [0.3, 0.4) is 0 Å². The summed E-state index contributed by atoms with van der Waals surface area (Å²) in [5, 5.41) is 3.19. The van der Waals surface area contributed by atoms with Crippen molar-refractivity contribution in [1.29, 1.82) is 0 Å². The fraction of sp³-hybridized carbons (Fsp3) is 0.368. The lowest BCUT2D eigenvalue weighted by Crippen LogP contribution is -2.48. The Balaban J connectivity index is 1.63. The van der Waals surface area contributed by atoms with Crippen LogP contribution in [0.15, 0.2) is 30.6 Å². The number of hydrogen-bond acceptors (Lipinski definition) is 7. The number of hydrogen-bond donors (Lipinski definition) is 1. The lowest BCUT2D eigenvalue weighted by atomic mass is 10.2. The highest BCUT2D eigenvalue weighted by molar-refractivity contribution is 5.93. The molecule has 0 aliphatic carbocycles. The molecule has 0 bridgehead atoms. The van der Waals surface area contributed by atoms with Crippen molar-refractivity contribution in [2.45, 2.75) is 6.54 Å². The molecule has 3 rings (SSSR count). The summed E-state index contributed by atoms with van der Waals surface area (Å²) >= 11 is 0. The Morgan fingerprint density at radius 2 is 1.86 bits per heavy atom. The molecule has 28 heavy (non-hydrogen) atoms. The van der Waals surface area contributed by atoms with Crippen LogP contribution in [0.1, 0.15) is 16.1 Å². The minimum atomic E-state index is -0.165. The number of amides is 2. The van der Waals surface area contributed by atoms with Crippen LogP contribution in [-0.2, 0) is 11.3 Å². The molecule has 0 radical (unpaired) electrons. The number of aromatic nitrogens is 2. The molecule has 1 aliphatic heterocycles. The molecule has 9 nitrogen and oxygen atoms in total. The molecule has 1 aliphatic rings. The Labute approximate surface area is 163 Å². The van der Waals surface area contributed by atoms with Gasteiger partial charge in [-0.3, -0.25) is 9.59 Å². The number of benzene rings is 1. The standard InChI is InChI=1S/C19H23N5O4/c1-27-16-4-3-14(9-17(16)28-2)11-20-18-10-15(21-12-22-18)19(26)24-7-5-23(13-25)6-8-24/h3-4,9-10,12-13H,5-8,11H2,1-2H3,(H,20,21,22). The number of nitrogens with one attached hydrogen (secondary N) is 1. The molecule has 2 aromatic rings. The van der Waals surface area contributed by atoms with E-state index in [9.17, 15) is 9.59 Å². The van der Waals surface area contributed by atoms with Crippen LogP contribution in [0, 0.1) is 0 Å². The Morgan fingerprint density at radius 3 is 2.54 bits per heavy atom. The van der Waals surface area contributed by atoms with E-state index in [2.05, 4.69) is 15.3 Å². The number of piperazine rings is 1. The van der Waals surface area contributed by atoms with E-state index in [-0.39, 0.29) is 5.91 Å². The normalized spacial score (nSPS) is 13.8. The average Bonchev–Trinajstić information content (AvgIpc) is 2.77. The second kappa shape index (κ2) is 9.03. The van der Waals surface area contributed by atoms with Crippen LogP contribution < -0.4 is 14.8 Å². The van der Waals surface area contributed by atoms with Gasteiger partial charge in [-0.2, -0.15) is 0 Å². The van der Waals surface area contributed by atoms with E-state index in [0.29, 0.717) is 55.7 Å². The highest BCUT2D eigenvalue weighted by Crippen LogP contribution is 2.27. The quantitative estimate of drug-likeness (QED) is 0.711. The van der Waals surface area contributed by atoms with Crippen molar-refractivity contribution in [3.63, 3.8) is 0 Å². The van der Waals surface area contributed by atoms with Crippen LogP contribution in [0.4, 0.5) is 5.82 Å². The van der Waals surface area contributed by atoms with Crippen LogP contribution in [0.5, 0.6) is 11.5 Å². The highest BCUT2D eigenvalue weighted by atomic mass is 16.5. The van der Waals surface area contributed by atoms with Gasteiger partial charge in [0.25, 0.3) is 5.91 Å². The number of ether oxygens (including phenoxy) is 2. The minimum absolute atomic E-state index is 0.165. The molecule has 9 heteroatoms. The van der Waals surface area contributed by atoms with E-state index in [1.807, 2.05) is 18.2 Å². The van der Waals surface area contributed by atoms with Gasteiger partial charge in [-0.25, -0.2) is 9.97 Å². The second-order valence-corrected chi connectivity index (χ2v) is 6.26. The van der Waals surface area contributed by atoms with E-state index in [1.54, 1.807) is 30.1 Å². The highest BCUT2D eigenvalue weighted by Gasteiger charge is 2.22. The van der Waals surface area contributed by atoms with Gasteiger partial charge in [-0.1, -0.05) is 6.07 Å². The summed E-state index contributed by atoms with van der Waals surface area (Å²) < 4.78 is 10.5. The summed E-state index contributed by atoms with van der Waals surface area (Å²) in [5.41, 5.74) is 1.30. The Bertz CT molecular complexity index is 837. The molecule has 0 saturated carbocycles. The first-order valence-corrected chi connectivity index (χ1v) is 8.90. The first-order valence-electron chi connectivity index (χ1n) is 8.90. The SMILES string of the molecule is COc1ccc(CNc2cc(C(=O)N3CCN(C=O)CC3)ncn2)cc1OC. The maximum absolute atomic E-state index is 12.6. The van der Waals surface area contributed by atoms with Gasteiger partial charge in [0.1, 0.15) is 17.8 Å². The molecule has 0 atom stereocenters. The molecular formula is C19H23N5O4. The van der Waals surface area contributed by atoms with E-state index in [4.69, 9.17) is 9.47 Å². The molecule has 1 N–H and O–H groups in total. The van der Waals surface area contributed by atoms with Crippen molar-refractivity contribution >= 4 is 18.1 Å². The van der Waals surface area contributed by atoms with Gasteiger partial charge in [0.05, 0.1) is 14.2 Å². The van der Waals surface area contributed by atoms with Crippen LogP contribution in [0.2, 0.25) is 0 Å². The number of anilines is 1. The lowest BCUT2D eigenvalue weighted by Gasteiger charge is -2.32. The minimum Gasteiger partial charge on any atom is -0.493 e. The van der Waals surface area contributed by atoms with E-state index < -0.39 is 0 Å². The molecular weight excluding hydrogens is 362 g/mol. The number of carbonyl (C=O) groups excluding carboxylic acids is 2. The molecule has 1 saturated heterocycles. The van der Waals surface area contributed by atoms with E-state index in [0.717, 1.165) is 12.0 Å². The summed E-state index contributed by atoms with van der Waals surface area (Å²) in [4.78, 5) is 35.1. The molecule has 2 amide bonds. The van der Waals surface area contributed by atoms with Gasteiger partial charge in [-0.15, -0.1) is 0 Å². The lowest BCUT2D eigenvalue weighted by molar-refractivity contribution is -0.119. The molecule has 1 aromatic heterocycles. The molecule has 1 aromatic carbocycles. The molecule has 148 valence electrons. The Hall–Kier alpha value is -3.36. The van der Waals surface area contributed by atoms with E-state index in [1.165, 1.54) is 6.33 Å². The van der Waals surface area contributed by atoms with Crippen molar-refractivity contribution in [2.24, 2.45) is 0 Å². The number of rotatable bonds is 7. The molecule has 1 fully saturated rings. The Kier molecular flexibility index (Phi) is 6.25. The maximum Gasteiger partial charge on any atom is 0.272 e. The van der Waals surface area contributed by atoms with Crippen LogP contribution >= 0.6 is 0 Å². The zero-order valence-corrected chi connectivity index (χ0v) is 15.9.